The van der Waals surface area contributed by atoms with E-state index in [1.165, 1.54) is 0 Å². The highest BCUT2D eigenvalue weighted by Gasteiger charge is 2.50. The number of benzene rings is 5. The van der Waals surface area contributed by atoms with Crippen molar-refractivity contribution in [1.29, 1.82) is 0 Å². The number of carbonyl (C=O) groups excluding carboxylic acids is 1. The zero-order valence-corrected chi connectivity index (χ0v) is 26.7. The lowest BCUT2D eigenvalue weighted by molar-refractivity contribution is -0.160. The standard InChI is InChI=1S/C42H39NO5/c44-41-43-28-16-27-37(43)39(48-41)40(46-30-33-19-8-2-9-20-33)38(45-29-32-17-6-1-7-18-32)31-47-42(34-21-10-3-11-22-34,35-23-12-4-13-24-35)36-25-14-5-15-26-36/h1-27,37-40H,28-31H2/t37-,38+,39-,40+/m1/s1. The summed E-state index contributed by atoms with van der Waals surface area (Å²) in [7, 11) is 0. The number of carbonyl (C=O) groups is 1. The lowest BCUT2D eigenvalue weighted by Gasteiger charge is -2.39. The largest absolute Gasteiger partial charge is 0.441 e. The second-order valence-electron chi connectivity index (χ2n) is 12.1. The zero-order valence-electron chi connectivity index (χ0n) is 26.7. The minimum Gasteiger partial charge on any atom is -0.441 e. The Morgan fingerprint density at radius 3 is 1.60 bits per heavy atom. The van der Waals surface area contributed by atoms with E-state index in [9.17, 15) is 4.79 Å². The Balaban J connectivity index is 1.29. The van der Waals surface area contributed by atoms with Crippen molar-refractivity contribution >= 4 is 6.09 Å². The summed E-state index contributed by atoms with van der Waals surface area (Å²) in [5, 5.41) is 0. The molecule has 0 radical (unpaired) electrons. The smallest absolute Gasteiger partial charge is 0.411 e. The third-order valence-electron chi connectivity index (χ3n) is 9.09. The first-order valence-electron chi connectivity index (χ1n) is 16.5. The molecule has 2 aliphatic heterocycles. The van der Waals surface area contributed by atoms with Gasteiger partial charge in [0.2, 0.25) is 0 Å². The molecule has 2 aliphatic rings. The highest BCUT2D eigenvalue weighted by Crippen LogP contribution is 2.41. The zero-order chi connectivity index (χ0) is 32.6. The highest BCUT2D eigenvalue weighted by atomic mass is 16.6. The average molecular weight is 638 g/mol. The fourth-order valence-corrected chi connectivity index (χ4v) is 6.71. The molecule has 1 amide bonds. The molecule has 0 saturated carbocycles. The summed E-state index contributed by atoms with van der Waals surface area (Å²) in [5.74, 6) is 0. The van der Waals surface area contributed by atoms with Crippen molar-refractivity contribution in [2.75, 3.05) is 13.2 Å². The Labute approximate surface area is 282 Å². The number of cyclic esters (lactones) is 1. The molecule has 0 bridgehead atoms. The van der Waals surface area contributed by atoms with Crippen LogP contribution in [0.5, 0.6) is 0 Å². The van der Waals surface area contributed by atoms with Crippen LogP contribution in [0.2, 0.25) is 0 Å². The highest BCUT2D eigenvalue weighted by molar-refractivity contribution is 5.72. The second-order valence-corrected chi connectivity index (χ2v) is 12.1. The van der Waals surface area contributed by atoms with E-state index in [0.29, 0.717) is 19.8 Å². The second kappa shape index (κ2) is 14.8. The van der Waals surface area contributed by atoms with Crippen molar-refractivity contribution in [2.45, 2.75) is 43.2 Å². The minimum atomic E-state index is -0.965. The van der Waals surface area contributed by atoms with Gasteiger partial charge in [0.05, 0.1) is 25.9 Å². The van der Waals surface area contributed by atoms with E-state index < -0.39 is 23.9 Å². The van der Waals surface area contributed by atoms with Crippen LogP contribution >= 0.6 is 0 Å². The summed E-state index contributed by atoms with van der Waals surface area (Å²) in [6, 6.07) is 50.7. The fourth-order valence-electron chi connectivity index (χ4n) is 6.71. The van der Waals surface area contributed by atoms with Crippen LogP contribution < -0.4 is 0 Å². The van der Waals surface area contributed by atoms with Gasteiger partial charge in [-0.1, -0.05) is 164 Å². The third kappa shape index (κ3) is 6.69. The number of hydrogen-bond donors (Lipinski definition) is 0. The van der Waals surface area contributed by atoms with Crippen LogP contribution in [-0.2, 0) is 37.8 Å². The first-order valence-corrected chi connectivity index (χ1v) is 16.5. The molecule has 0 aliphatic carbocycles. The van der Waals surface area contributed by atoms with Gasteiger partial charge >= 0.3 is 6.09 Å². The number of amides is 1. The van der Waals surface area contributed by atoms with E-state index in [-0.39, 0.29) is 18.7 Å². The number of nitrogens with zero attached hydrogens (tertiary/aromatic N) is 1. The van der Waals surface area contributed by atoms with Crippen LogP contribution in [0.3, 0.4) is 0 Å². The van der Waals surface area contributed by atoms with Crippen molar-refractivity contribution in [3.8, 4) is 0 Å². The molecule has 6 nitrogen and oxygen atoms in total. The summed E-state index contributed by atoms with van der Waals surface area (Å²) in [6.07, 6.45) is 1.84. The minimum absolute atomic E-state index is 0.148. The Morgan fingerprint density at radius 2 is 1.10 bits per heavy atom. The Morgan fingerprint density at radius 1 is 0.646 bits per heavy atom. The summed E-state index contributed by atoms with van der Waals surface area (Å²) < 4.78 is 26.9. The van der Waals surface area contributed by atoms with Gasteiger partial charge in [-0.05, 0) is 27.8 Å². The van der Waals surface area contributed by atoms with Gasteiger partial charge < -0.3 is 18.9 Å². The van der Waals surface area contributed by atoms with Crippen LogP contribution in [0.25, 0.3) is 0 Å². The Hall–Kier alpha value is -5.01. The first-order chi connectivity index (χ1) is 23.7. The predicted octanol–water partition coefficient (Wildman–Crippen LogP) is 7.93. The van der Waals surface area contributed by atoms with E-state index in [4.69, 9.17) is 18.9 Å². The Kier molecular flexibility index (Phi) is 9.75. The average Bonchev–Trinajstić information content (AvgIpc) is 3.77. The van der Waals surface area contributed by atoms with Crippen LogP contribution in [0.1, 0.15) is 27.8 Å². The molecular formula is C42H39NO5. The molecule has 5 aromatic rings. The molecule has 242 valence electrons. The maximum absolute atomic E-state index is 13.1. The molecule has 6 heteroatoms. The van der Waals surface area contributed by atoms with E-state index >= 15 is 0 Å². The van der Waals surface area contributed by atoms with Gasteiger partial charge in [-0.15, -0.1) is 0 Å². The van der Waals surface area contributed by atoms with Crippen LogP contribution in [0.4, 0.5) is 4.79 Å². The molecule has 7 rings (SSSR count). The predicted molar refractivity (Wildman–Crippen MR) is 185 cm³/mol. The maximum atomic E-state index is 13.1. The van der Waals surface area contributed by atoms with Crippen molar-refractivity contribution in [3.63, 3.8) is 0 Å². The van der Waals surface area contributed by atoms with Crippen molar-refractivity contribution in [1.82, 2.24) is 4.90 Å². The van der Waals surface area contributed by atoms with Gasteiger partial charge in [-0.2, -0.15) is 0 Å². The lowest BCUT2D eigenvalue weighted by atomic mass is 9.80. The molecule has 5 aromatic carbocycles. The number of hydrogen-bond acceptors (Lipinski definition) is 5. The summed E-state index contributed by atoms with van der Waals surface area (Å²) in [5.41, 5.74) is 4.04. The normalized spacial score (nSPS) is 18.3. The monoisotopic (exact) mass is 637 g/mol. The Bertz CT molecular complexity index is 1670. The number of rotatable bonds is 14. The van der Waals surface area contributed by atoms with Crippen molar-refractivity contribution in [2.24, 2.45) is 0 Å². The molecule has 0 N–H and O–H groups in total. The summed E-state index contributed by atoms with van der Waals surface area (Å²) >= 11 is 0. The van der Waals surface area contributed by atoms with E-state index in [2.05, 4.69) is 36.4 Å². The molecular weight excluding hydrogens is 598 g/mol. The maximum Gasteiger partial charge on any atom is 0.411 e. The quantitative estimate of drug-likeness (QED) is 0.0915. The fraction of sp³-hybridized carbons (Fsp3) is 0.214. The van der Waals surface area contributed by atoms with E-state index in [1.807, 2.05) is 127 Å². The SMILES string of the molecule is O=C1O[C@@H]([C@@H](OCc2ccccc2)[C@H](COC(c2ccccc2)(c2ccccc2)c2ccccc2)OCc2ccccc2)[C@H]2C=CCN12. The van der Waals surface area contributed by atoms with Crippen LogP contribution in [0, 0.1) is 0 Å². The van der Waals surface area contributed by atoms with E-state index in [0.717, 1.165) is 27.8 Å². The van der Waals surface area contributed by atoms with Gasteiger partial charge in [0.1, 0.15) is 17.8 Å². The molecule has 48 heavy (non-hydrogen) atoms. The van der Waals surface area contributed by atoms with Gasteiger partial charge in [0.15, 0.2) is 6.10 Å². The van der Waals surface area contributed by atoms with Crippen LogP contribution in [0.15, 0.2) is 164 Å². The molecule has 4 atom stereocenters. The molecule has 0 unspecified atom stereocenters. The van der Waals surface area contributed by atoms with Crippen molar-refractivity contribution < 1.29 is 23.7 Å². The number of ether oxygens (including phenoxy) is 4. The van der Waals surface area contributed by atoms with Crippen LogP contribution in [-0.4, -0.2) is 48.5 Å². The molecule has 2 heterocycles. The molecule has 1 fully saturated rings. The van der Waals surface area contributed by atoms with Gasteiger partial charge in [-0.3, -0.25) is 4.90 Å². The van der Waals surface area contributed by atoms with Gasteiger partial charge in [0, 0.05) is 6.54 Å². The topological polar surface area (TPSA) is 57.2 Å². The van der Waals surface area contributed by atoms with Gasteiger partial charge in [0.25, 0.3) is 0 Å². The molecule has 1 saturated heterocycles. The summed E-state index contributed by atoms with van der Waals surface area (Å²) in [6.45, 7) is 1.31. The van der Waals surface area contributed by atoms with E-state index in [1.54, 1.807) is 4.90 Å². The molecule has 0 spiro atoms. The first kappa shape index (κ1) is 31.6. The van der Waals surface area contributed by atoms with Gasteiger partial charge in [-0.25, -0.2) is 4.79 Å². The summed E-state index contributed by atoms with van der Waals surface area (Å²) in [4.78, 5) is 14.8. The van der Waals surface area contributed by atoms with Crippen molar-refractivity contribution in [3.05, 3.63) is 192 Å². The molecule has 0 aromatic heterocycles. The third-order valence-corrected chi connectivity index (χ3v) is 9.09. The number of fused-ring (bicyclic) bond motifs is 1. The lowest BCUT2D eigenvalue weighted by Crippen LogP contribution is -2.49.